The van der Waals surface area contributed by atoms with Crippen LogP contribution in [0.5, 0.6) is 0 Å². The van der Waals surface area contributed by atoms with E-state index in [4.69, 9.17) is 0 Å². The Labute approximate surface area is 119 Å². The second-order valence-electron chi connectivity index (χ2n) is 4.13. The highest BCUT2D eigenvalue weighted by Crippen LogP contribution is 2.34. The lowest BCUT2D eigenvalue weighted by Gasteiger charge is -2.09. The van der Waals surface area contributed by atoms with Gasteiger partial charge in [-0.15, -0.1) is 11.8 Å². The third-order valence-electron chi connectivity index (χ3n) is 3.01. The van der Waals surface area contributed by atoms with Crippen molar-refractivity contribution in [3.8, 4) is 11.3 Å². The predicted octanol–water partition coefficient (Wildman–Crippen LogP) is 5.32. The maximum Gasteiger partial charge on any atom is 0.0465 e. The maximum atomic E-state index is 3.53. The molecule has 18 heavy (non-hydrogen) atoms. The van der Waals surface area contributed by atoms with E-state index in [9.17, 15) is 0 Å². The van der Waals surface area contributed by atoms with Crippen molar-refractivity contribution in [2.45, 2.75) is 4.90 Å². The normalized spacial score (nSPS) is 11.0. The third kappa shape index (κ3) is 2.08. The first kappa shape index (κ1) is 11.9. The Morgan fingerprint density at radius 1 is 1.06 bits per heavy atom. The lowest BCUT2D eigenvalue weighted by molar-refractivity contribution is 1.36. The molecule has 90 valence electrons. The smallest absolute Gasteiger partial charge is 0.0465 e. The van der Waals surface area contributed by atoms with Gasteiger partial charge in [-0.3, -0.25) is 0 Å². The van der Waals surface area contributed by atoms with E-state index in [1.165, 1.54) is 26.9 Å². The van der Waals surface area contributed by atoms with Crippen molar-refractivity contribution < 1.29 is 0 Å². The largest absolute Gasteiger partial charge is 0.361 e. The molecule has 3 aromatic rings. The molecule has 0 aliphatic rings. The molecule has 0 aliphatic carbocycles. The lowest BCUT2D eigenvalue weighted by Crippen LogP contribution is -1.84. The second kappa shape index (κ2) is 4.82. The van der Waals surface area contributed by atoms with Crippen LogP contribution in [0.2, 0.25) is 0 Å². The van der Waals surface area contributed by atoms with Crippen LogP contribution in [-0.2, 0) is 0 Å². The zero-order valence-electron chi connectivity index (χ0n) is 9.91. The van der Waals surface area contributed by atoms with E-state index in [1.54, 1.807) is 11.8 Å². The van der Waals surface area contributed by atoms with Crippen molar-refractivity contribution >= 4 is 38.5 Å². The molecule has 0 saturated heterocycles. The topological polar surface area (TPSA) is 15.8 Å². The fraction of sp³-hybridized carbons (Fsp3) is 0.0667. The Kier molecular flexibility index (Phi) is 3.18. The highest BCUT2D eigenvalue weighted by Gasteiger charge is 2.07. The first-order valence-electron chi connectivity index (χ1n) is 5.69. The molecule has 0 aliphatic heterocycles. The number of benzene rings is 2. The molecule has 0 unspecified atom stereocenters. The van der Waals surface area contributed by atoms with E-state index in [-0.39, 0.29) is 0 Å². The van der Waals surface area contributed by atoms with Gasteiger partial charge in [-0.25, -0.2) is 0 Å². The van der Waals surface area contributed by atoms with Crippen molar-refractivity contribution in [3.05, 3.63) is 53.1 Å². The highest BCUT2D eigenvalue weighted by molar-refractivity contribution is 9.10. The quantitative estimate of drug-likeness (QED) is 0.632. The van der Waals surface area contributed by atoms with Gasteiger partial charge in [0, 0.05) is 26.8 Å². The number of rotatable bonds is 2. The van der Waals surface area contributed by atoms with Crippen LogP contribution >= 0.6 is 27.7 Å². The Morgan fingerprint density at radius 3 is 2.67 bits per heavy atom. The lowest BCUT2D eigenvalue weighted by atomic mass is 10.1. The molecular formula is C15H12BrNS. The third-order valence-corrected chi connectivity index (χ3v) is 4.28. The van der Waals surface area contributed by atoms with Crippen LogP contribution in [0.25, 0.3) is 22.0 Å². The molecular weight excluding hydrogens is 306 g/mol. The summed E-state index contributed by atoms with van der Waals surface area (Å²) < 4.78 is 1.12. The van der Waals surface area contributed by atoms with Crippen LogP contribution < -0.4 is 0 Å². The van der Waals surface area contributed by atoms with Crippen LogP contribution in [0.15, 0.2) is 58.0 Å². The van der Waals surface area contributed by atoms with E-state index >= 15 is 0 Å². The second-order valence-corrected chi connectivity index (χ2v) is 5.89. The fourth-order valence-electron chi connectivity index (χ4n) is 2.12. The zero-order valence-corrected chi connectivity index (χ0v) is 12.3. The summed E-state index contributed by atoms with van der Waals surface area (Å²) in [7, 11) is 0. The standard InChI is InChI=1S/C15H12BrNS/c1-18-15-9-10-4-5-12(16)7-11(10)8-13(15)14-3-2-6-17-14/h2-9,17H,1H3. The molecule has 3 rings (SSSR count). The predicted molar refractivity (Wildman–Crippen MR) is 83.2 cm³/mol. The Hall–Kier alpha value is -1.19. The van der Waals surface area contributed by atoms with Crippen LogP contribution in [-0.4, -0.2) is 11.2 Å². The number of hydrogen-bond acceptors (Lipinski definition) is 1. The molecule has 0 amide bonds. The van der Waals surface area contributed by atoms with Gasteiger partial charge in [0.1, 0.15) is 0 Å². The van der Waals surface area contributed by atoms with Crippen LogP contribution in [0.4, 0.5) is 0 Å². The Morgan fingerprint density at radius 2 is 1.94 bits per heavy atom. The molecule has 0 fully saturated rings. The van der Waals surface area contributed by atoms with Gasteiger partial charge in [-0.1, -0.05) is 22.0 Å². The van der Waals surface area contributed by atoms with Crippen LogP contribution in [0, 0.1) is 0 Å². The van der Waals surface area contributed by atoms with Crippen molar-refractivity contribution in [2.75, 3.05) is 6.26 Å². The summed E-state index contributed by atoms with van der Waals surface area (Å²) in [6.07, 6.45) is 4.08. The van der Waals surface area contributed by atoms with Crippen LogP contribution in [0.1, 0.15) is 0 Å². The summed E-state index contributed by atoms with van der Waals surface area (Å²) in [4.78, 5) is 4.58. The van der Waals surface area contributed by atoms with Gasteiger partial charge in [0.15, 0.2) is 0 Å². The molecule has 0 saturated carbocycles. The van der Waals surface area contributed by atoms with Gasteiger partial charge < -0.3 is 4.98 Å². The average Bonchev–Trinajstić information content (AvgIpc) is 2.90. The number of hydrogen-bond donors (Lipinski definition) is 1. The summed E-state index contributed by atoms with van der Waals surface area (Å²) in [6.45, 7) is 0. The molecule has 2 aromatic carbocycles. The molecule has 0 atom stereocenters. The summed E-state index contributed by atoms with van der Waals surface area (Å²) in [5.74, 6) is 0. The highest BCUT2D eigenvalue weighted by atomic mass is 79.9. The maximum absolute atomic E-state index is 3.53. The van der Waals surface area contributed by atoms with Gasteiger partial charge in [-0.05, 0) is 53.4 Å². The van der Waals surface area contributed by atoms with Gasteiger partial charge in [0.05, 0.1) is 0 Å². The van der Waals surface area contributed by atoms with Gasteiger partial charge in [0.25, 0.3) is 0 Å². The number of H-pyrrole nitrogens is 1. The molecule has 1 nitrogen and oxygen atoms in total. The van der Waals surface area contributed by atoms with Crippen molar-refractivity contribution in [2.24, 2.45) is 0 Å². The first-order valence-corrected chi connectivity index (χ1v) is 7.71. The van der Waals surface area contributed by atoms with Gasteiger partial charge >= 0.3 is 0 Å². The molecule has 3 heteroatoms. The molecule has 1 heterocycles. The van der Waals surface area contributed by atoms with E-state index < -0.39 is 0 Å². The zero-order chi connectivity index (χ0) is 12.5. The summed E-state index contributed by atoms with van der Waals surface area (Å²) in [5.41, 5.74) is 2.43. The minimum Gasteiger partial charge on any atom is -0.361 e. The van der Waals surface area contributed by atoms with Crippen molar-refractivity contribution in [1.29, 1.82) is 0 Å². The number of fused-ring (bicyclic) bond motifs is 1. The Balaban J connectivity index is 2.29. The minimum absolute atomic E-state index is 1.12. The number of aromatic amines is 1. The van der Waals surface area contributed by atoms with E-state index in [1.807, 2.05) is 12.3 Å². The molecule has 1 aromatic heterocycles. The van der Waals surface area contributed by atoms with Crippen molar-refractivity contribution in [3.63, 3.8) is 0 Å². The number of thioether (sulfide) groups is 1. The Bertz CT molecular complexity index is 689. The molecule has 0 spiro atoms. The van der Waals surface area contributed by atoms with E-state index in [2.05, 4.69) is 63.6 Å². The monoisotopic (exact) mass is 317 g/mol. The average molecular weight is 318 g/mol. The SMILES string of the molecule is CSc1cc2ccc(Br)cc2cc1-c1ccc[nH]1. The van der Waals surface area contributed by atoms with E-state index in [0.717, 1.165) is 4.47 Å². The minimum atomic E-state index is 1.12. The summed E-state index contributed by atoms with van der Waals surface area (Å²) >= 11 is 5.31. The van der Waals surface area contributed by atoms with Gasteiger partial charge in [0.2, 0.25) is 0 Å². The van der Waals surface area contributed by atoms with E-state index in [0.29, 0.717) is 0 Å². The van der Waals surface area contributed by atoms with Crippen LogP contribution in [0.3, 0.4) is 0 Å². The van der Waals surface area contributed by atoms with Crippen molar-refractivity contribution in [1.82, 2.24) is 4.98 Å². The molecule has 0 radical (unpaired) electrons. The fourth-order valence-corrected chi connectivity index (χ4v) is 3.14. The summed E-state index contributed by atoms with van der Waals surface area (Å²) in [6, 6.07) is 15.0. The number of nitrogens with one attached hydrogen (secondary N) is 1. The first-order chi connectivity index (χ1) is 8.78. The molecule has 0 bridgehead atoms. The number of aromatic nitrogens is 1. The summed E-state index contributed by atoms with van der Waals surface area (Å²) in [5, 5.41) is 2.53. The molecule has 1 N–H and O–H groups in total. The number of halogens is 1. The van der Waals surface area contributed by atoms with Gasteiger partial charge in [-0.2, -0.15) is 0 Å².